The number of aromatic nitrogens is 1. The monoisotopic (exact) mass is 402 g/mol. The summed E-state index contributed by atoms with van der Waals surface area (Å²) in [4.78, 5) is 16.9. The number of hydrogen-bond acceptors (Lipinski definition) is 4. The van der Waals surface area contributed by atoms with Crippen LogP contribution in [0.4, 0.5) is 5.69 Å². The summed E-state index contributed by atoms with van der Waals surface area (Å²) in [6, 6.07) is 21.9. The summed E-state index contributed by atoms with van der Waals surface area (Å²) >= 11 is 1.68. The lowest BCUT2D eigenvalue weighted by molar-refractivity contribution is -0.116. The summed E-state index contributed by atoms with van der Waals surface area (Å²) in [5.41, 5.74) is 5.20. The summed E-state index contributed by atoms with van der Waals surface area (Å²) in [6.45, 7) is 4.44. The molecule has 0 unspecified atom stereocenters. The van der Waals surface area contributed by atoms with Crippen LogP contribution in [0.5, 0.6) is 5.75 Å². The number of carbonyl (C=O) groups is 1. The predicted molar refractivity (Wildman–Crippen MR) is 120 cm³/mol. The summed E-state index contributed by atoms with van der Waals surface area (Å²) in [6.07, 6.45) is 0.299. The molecule has 1 N–H and O–H groups in total. The maximum atomic E-state index is 12.2. The first-order valence-electron chi connectivity index (χ1n) is 9.54. The molecule has 0 aliphatic heterocycles. The van der Waals surface area contributed by atoms with E-state index in [2.05, 4.69) is 30.4 Å². The zero-order chi connectivity index (χ0) is 20.2. The summed E-state index contributed by atoms with van der Waals surface area (Å²) in [7, 11) is 0. The molecule has 0 aliphatic carbocycles. The highest BCUT2D eigenvalue weighted by atomic mass is 32.1. The molecule has 0 saturated carbocycles. The number of carbonyl (C=O) groups excluding carboxylic acids is 1. The number of anilines is 1. The number of nitrogens with zero attached hydrogens (tertiary/aromatic N) is 1. The smallest absolute Gasteiger partial charge is 0.227 e. The van der Waals surface area contributed by atoms with Crippen molar-refractivity contribution >= 4 is 33.1 Å². The Morgan fingerprint density at radius 2 is 1.79 bits per heavy atom. The number of fused-ring (bicyclic) bond motifs is 1. The molecule has 4 aromatic rings. The van der Waals surface area contributed by atoms with Crippen molar-refractivity contribution in [3.8, 4) is 16.3 Å². The highest BCUT2D eigenvalue weighted by Crippen LogP contribution is 2.31. The fourth-order valence-corrected chi connectivity index (χ4v) is 4.11. The average Bonchev–Trinajstić information content (AvgIpc) is 3.12. The van der Waals surface area contributed by atoms with Crippen LogP contribution in [-0.4, -0.2) is 17.5 Å². The molecular weight excluding hydrogens is 380 g/mol. The van der Waals surface area contributed by atoms with Gasteiger partial charge in [0.1, 0.15) is 10.8 Å². The number of benzene rings is 3. The van der Waals surface area contributed by atoms with E-state index in [1.165, 1.54) is 10.3 Å². The zero-order valence-electron chi connectivity index (χ0n) is 16.4. The minimum absolute atomic E-state index is 0.0686. The lowest BCUT2D eigenvalue weighted by Gasteiger charge is -2.08. The second-order valence-electron chi connectivity index (χ2n) is 7.03. The number of nitrogens with one attached hydrogen (secondary N) is 1. The first-order valence-corrected chi connectivity index (χ1v) is 10.4. The van der Waals surface area contributed by atoms with Gasteiger partial charge in [-0.25, -0.2) is 4.98 Å². The fourth-order valence-electron chi connectivity index (χ4n) is 3.04. The van der Waals surface area contributed by atoms with Gasteiger partial charge in [-0.2, -0.15) is 0 Å². The molecule has 0 aliphatic rings. The van der Waals surface area contributed by atoms with Crippen LogP contribution in [0.3, 0.4) is 0 Å². The highest BCUT2D eigenvalue weighted by Gasteiger charge is 2.08. The van der Waals surface area contributed by atoms with Gasteiger partial charge in [-0.1, -0.05) is 18.2 Å². The Bertz CT molecular complexity index is 1150. The van der Waals surface area contributed by atoms with E-state index in [0.29, 0.717) is 13.0 Å². The van der Waals surface area contributed by atoms with Gasteiger partial charge >= 0.3 is 0 Å². The molecule has 0 radical (unpaired) electrons. The lowest BCUT2D eigenvalue weighted by Crippen LogP contribution is -2.15. The van der Waals surface area contributed by atoms with E-state index < -0.39 is 0 Å². The maximum absolute atomic E-state index is 12.2. The standard InChI is InChI=1S/C24H22N2O2S/c1-16-4-3-5-20(14-16)28-13-12-23(27)25-19-9-7-18(8-10-19)24-26-21-11-6-17(2)15-22(21)29-24/h3-11,14-15H,12-13H2,1-2H3,(H,25,27). The fraction of sp³-hybridized carbons (Fsp3) is 0.167. The van der Waals surface area contributed by atoms with Crippen molar-refractivity contribution in [2.75, 3.05) is 11.9 Å². The van der Waals surface area contributed by atoms with Gasteiger partial charge in [-0.15, -0.1) is 11.3 Å². The van der Waals surface area contributed by atoms with Crippen LogP contribution in [0, 0.1) is 13.8 Å². The molecule has 0 atom stereocenters. The molecule has 4 rings (SSSR count). The van der Waals surface area contributed by atoms with E-state index >= 15 is 0 Å². The Labute approximate surface area is 174 Å². The van der Waals surface area contributed by atoms with Crippen molar-refractivity contribution in [3.05, 3.63) is 77.9 Å². The number of hydrogen-bond donors (Lipinski definition) is 1. The van der Waals surface area contributed by atoms with Gasteiger partial charge < -0.3 is 10.1 Å². The van der Waals surface area contributed by atoms with E-state index in [1.807, 2.05) is 55.5 Å². The molecule has 0 spiro atoms. The number of thiazole rings is 1. The van der Waals surface area contributed by atoms with Crippen LogP contribution in [0.2, 0.25) is 0 Å². The molecule has 1 amide bonds. The Hall–Kier alpha value is -3.18. The van der Waals surface area contributed by atoms with Crippen LogP contribution in [0.25, 0.3) is 20.8 Å². The minimum Gasteiger partial charge on any atom is -0.493 e. The Kier molecular flexibility index (Phi) is 5.58. The summed E-state index contributed by atoms with van der Waals surface area (Å²) in [5.74, 6) is 0.717. The predicted octanol–water partition coefficient (Wildman–Crippen LogP) is 5.99. The van der Waals surface area contributed by atoms with Crippen LogP contribution >= 0.6 is 11.3 Å². The molecule has 5 heteroatoms. The van der Waals surface area contributed by atoms with Crippen molar-refractivity contribution in [3.63, 3.8) is 0 Å². The number of aryl methyl sites for hydroxylation is 2. The molecule has 0 bridgehead atoms. The third-order valence-corrected chi connectivity index (χ3v) is 5.61. The topological polar surface area (TPSA) is 51.2 Å². The minimum atomic E-state index is -0.0686. The first kappa shape index (κ1) is 19.2. The molecule has 4 nitrogen and oxygen atoms in total. The van der Waals surface area contributed by atoms with Gasteiger partial charge in [0, 0.05) is 11.3 Å². The normalized spacial score (nSPS) is 10.8. The second kappa shape index (κ2) is 8.45. The molecule has 1 heterocycles. The van der Waals surface area contributed by atoms with Gasteiger partial charge in [-0.3, -0.25) is 4.79 Å². The lowest BCUT2D eigenvalue weighted by atomic mass is 10.2. The van der Waals surface area contributed by atoms with Gasteiger partial charge in [0.05, 0.1) is 23.2 Å². The van der Waals surface area contributed by atoms with Gasteiger partial charge in [0.2, 0.25) is 5.91 Å². The Balaban J connectivity index is 1.34. The third-order valence-electron chi connectivity index (χ3n) is 4.55. The molecule has 0 fully saturated rings. The van der Waals surface area contributed by atoms with Crippen LogP contribution in [-0.2, 0) is 4.79 Å². The van der Waals surface area contributed by atoms with E-state index in [-0.39, 0.29) is 5.91 Å². The van der Waals surface area contributed by atoms with Crippen LogP contribution in [0.1, 0.15) is 17.5 Å². The van der Waals surface area contributed by atoms with Crippen LogP contribution < -0.4 is 10.1 Å². The van der Waals surface area contributed by atoms with Crippen molar-refractivity contribution in [2.45, 2.75) is 20.3 Å². The molecular formula is C24H22N2O2S. The first-order chi connectivity index (χ1) is 14.1. The third kappa shape index (κ3) is 4.81. The quantitative estimate of drug-likeness (QED) is 0.431. The summed E-state index contributed by atoms with van der Waals surface area (Å²) < 4.78 is 6.83. The molecule has 1 aromatic heterocycles. The SMILES string of the molecule is Cc1cccc(OCCC(=O)Nc2ccc(-c3nc4ccc(C)cc4s3)cc2)c1. The van der Waals surface area contributed by atoms with E-state index in [1.54, 1.807) is 11.3 Å². The molecule has 3 aromatic carbocycles. The highest BCUT2D eigenvalue weighted by molar-refractivity contribution is 7.21. The largest absolute Gasteiger partial charge is 0.493 e. The average molecular weight is 403 g/mol. The zero-order valence-corrected chi connectivity index (χ0v) is 17.3. The van der Waals surface area contributed by atoms with Gasteiger partial charge in [0.15, 0.2) is 0 Å². The molecule has 146 valence electrons. The van der Waals surface area contributed by atoms with Crippen molar-refractivity contribution < 1.29 is 9.53 Å². The Morgan fingerprint density at radius 1 is 1.00 bits per heavy atom. The van der Waals surface area contributed by atoms with Crippen molar-refractivity contribution in [1.82, 2.24) is 4.98 Å². The number of ether oxygens (including phenoxy) is 1. The van der Waals surface area contributed by atoms with Gasteiger partial charge in [-0.05, 0) is 73.5 Å². The number of amides is 1. The van der Waals surface area contributed by atoms with Crippen molar-refractivity contribution in [2.24, 2.45) is 0 Å². The van der Waals surface area contributed by atoms with E-state index in [9.17, 15) is 4.79 Å². The van der Waals surface area contributed by atoms with Gasteiger partial charge in [0.25, 0.3) is 0 Å². The van der Waals surface area contributed by atoms with Crippen molar-refractivity contribution in [1.29, 1.82) is 0 Å². The Morgan fingerprint density at radius 3 is 2.59 bits per heavy atom. The van der Waals surface area contributed by atoms with E-state index in [0.717, 1.165) is 33.1 Å². The number of rotatable bonds is 6. The maximum Gasteiger partial charge on any atom is 0.227 e. The summed E-state index contributed by atoms with van der Waals surface area (Å²) in [5, 5.41) is 3.90. The van der Waals surface area contributed by atoms with E-state index in [4.69, 9.17) is 9.72 Å². The molecule has 0 saturated heterocycles. The van der Waals surface area contributed by atoms with Crippen LogP contribution in [0.15, 0.2) is 66.7 Å². The molecule has 29 heavy (non-hydrogen) atoms. The second-order valence-corrected chi connectivity index (χ2v) is 8.06.